The lowest BCUT2D eigenvalue weighted by atomic mass is 10.1. The lowest BCUT2D eigenvalue weighted by Crippen LogP contribution is -2.22. The van der Waals surface area contributed by atoms with E-state index in [-0.39, 0.29) is 18.0 Å². The van der Waals surface area contributed by atoms with E-state index in [9.17, 15) is 14.4 Å². The fourth-order valence-electron chi connectivity index (χ4n) is 4.46. The van der Waals surface area contributed by atoms with Gasteiger partial charge in [0.2, 0.25) is 11.6 Å². The molecule has 0 saturated heterocycles. The summed E-state index contributed by atoms with van der Waals surface area (Å²) in [5, 5.41) is 6.53. The van der Waals surface area contributed by atoms with Crippen LogP contribution < -0.4 is 20.1 Å². The Morgan fingerprint density at radius 2 is 1.64 bits per heavy atom. The molecule has 44 heavy (non-hydrogen) atoms. The average molecular weight is 599 g/mol. The van der Waals surface area contributed by atoms with Gasteiger partial charge in [-0.1, -0.05) is 0 Å². The molecule has 0 fully saturated rings. The van der Waals surface area contributed by atoms with E-state index in [1.807, 2.05) is 0 Å². The molecule has 1 aliphatic rings. The average Bonchev–Trinajstić information content (AvgIpc) is 3.41. The van der Waals surface area contributed by atoms with Gasteiger partial charge in [0.15, 0.2) is 11.5 Å². The van der Waals surface area contributed by atoms with E-state index in [1.165, 1.54) is 25.6 Å². The summed E-state index contributed by atoms with van der Waals surface area (Å²) in [6.45, 7) is 4.43. The smallest absolute Gasteiger partial charge is 0.341 e. The highest BCUT2D eigenvalue weighted by molar-refractivity contribution is 6.22. The van der Waals surface area contributed by atoms with Crippen LogP contribution in [0.5, 0.6) is 11.5 Å². The van der Waals surface area contributed by atoms with Crippen molar-refractivity contribution >= 4 is 39.9 Å². The zero-order chi connectivity index (χ0) is 31.2. The number of ketones is 2. The van der Waals surface area contributed by atoms with Gasteiger partial charge in [0, 0.05) is 42.0 Å². The molecule has 12 nitrogen and oxygen atoms in total. The molecule has 0 bridgehead atoms. The maximum absolute atomic E-state index is 13.0. The summed E-state index contributed by atoms with van der Waals surface area (Å²) in [5.41, 5.74) is 2.39. The number of esters is 1. The quantitative estimate of drug-likeness (QED) is 0.130. The van der Waals surface area contributed by atoms with Gasteiger partial charge in [0.05, 0.1) is 37.2 Å². The fraction of sp³-hybridized carbons (Fsp3) is 0.219. The topological polar surface area (TPSA) is 151 Å². The first-order valence-electron chi connectivity index (χ1n) is 13.7. The molecule has 4 aromatic rings. The van der Waals surface area contributed by atoms with Crippen LogP contribution in [0, 0.1) is 6.92 Å². The fourth-order valence-corrected chi connectivity index (χ4v) is 4.46. The molecular weight excluding hydrogens is 568 g/mol. The van der Waals surface area contributed by atoms with Crippen LogP contribution in [0.3, 0.4) is 0 Å². The number of anilines is 2. The van der Waals surface area contributed by atoms with Gasteiger partial charge >= 0.3 is 5.97 Å². The second-order valence-electron chi connectivity index (χ2n) is 9.56. The number of carbonyl (C=O) groups is 3. The second-order valence-corrected chi connectivity index (χ2v) is 9.56. The van der Waals surface area contributed by atoms with Crippen LogP contribution in [-0.2, 0) is 19.1 Å². The number of methoxy groups -OCH3 is 2. The Morgan fingerprint density at radius 3 is 2.32 bits per heavy atom. The number of aromatic nitrogens is 2. The summed E-state index contributed by atoms with van der Waals surface area (Å²) in [4.78, 5) is 46.7. The number of allylic oxidation sites excluding steroid dienone is 2. The molecule has 2 aromatic carbocycles. The monoisotopic (exact) mass is 598 g/mol. The number of carbonyl (C=O) groups excluding carboxylic acids is 3. The van der Waals surface area contributed by atoms with Gasteiger partial charge < -0.3 is 34.0 Å². The Morgan fingerprint density at radius 1 is 0.909 bits per heavy atom. The molecule has 1 aliphatic carbocycles. The highest BCUT2D eigenvalue weighted by Gasteiger charge is 2.23. The number of hydrogen-bond donors (Lipinski definition) is 2. The number of benzene rings is 2. The van der Waals surface area contributed by atoms with E-state index in [4.69, 9.17) is 23.4 Å². The Labute approximate surface area is 252 Å². The Hall–Kier alpha value is -5.49. The van der Waals surface area contributed by atoms with Crippen molar-refractivity contribution in [2.24, 2.45) is 0 Å². The van der Waals surface area contributed by atoms with E-state index in [0.717, 1.165) is 5.56 Å². The van der Waals surface area contributed by atoms with Gasteiger partial charge in [-0.15, -0.1) is 0 Å². The van der Waals surface area contributed by atoms with E-state index < -0.39 is 17.5 Å². The normalized spacial score (nSPS) is 12.9. The van der Waals surface area contributed by atoms with Crippen molar-refractivity contribution in [3.8, 4) is 22.8 Å². The molecule has 0 spiro atoms. The van der Waals surface area contributed by atoms with Crippen molar-refractivity contribution in [1.82, 2.24) is 9.97 Å². The molecule has 12 heteroatoms. The Bertz CT molecular complexity index is 1790. The van der Waals surface area contributed by atoms with Crippen LogP contribution >= 0.6 is 0 Å². The summed E-state index contributed by atoms with van der Waals surface area (Å²) < 4.78 is 27.0. The third-order valence-corrected chi connectivity index (χ3v) is 6.66. The van der Waals surface area contributed by atoms with Crippen molar-refractivity contribution in [1.29, 1.82) is 0 Å². The third-order valence-electron chi connectivity index (χ3n) is 6.66. The number of ether oxygens (including phenoxy) is 4. The second kappa shape index (κ2) is 13.2. The summed E-state index contributed by atoms with van der Waals surface area (Å²) in [6, 6.07) is 12.1. The zero-order valence-electron chi connectivity index (χ0n) is 24.6. The highest BCUT2D eigenvalue weighted by atomic mass is 16.5. The number of nitrogens with zero attached hydrogens (tertiary/aromatic N) is 2. The standard InChI is InChI=1S/C32H30N4O8/c1-5-42-32(39)21-12-28(44-18(21)2)19-6-8-20(9-7-19)35-24-14-27(38)25(15-26(24)37)36-31-22-13-29(41-4)30(43-11-10-40-3)16-23(22)33-17-34-31/h6-9,12-17,35H,5,10-11H2,1-4H3,(H,33,34,36). The number of aryl methyl sites for hydroxylation is 1. The summed E-state index contributed by atoms with van der Waals surface area (Å²) >= 11 is 0. The Kier molecular flexibility index (Phi) is 9.01. The van der Waals surface area contributed by atoms with Crippen molar-refractivity contribution < 1.29 is 37.7 Å². The van der Waals surface area contributed by atoms with Crippen LogP contribution in [-0.4, -0.2) is 61.5 Å². The van der Waals surface area contributed by atoms with Crippen molar-refractivity contribution in [3.63, 3.8) is 0 Å². The van der Waals surface area contributed by atoms with E-state index in [1.54, 1.807) is 63.4 Å². The van der Waals surface area contributed by atoms with Gasteiger partial charge in [-0.25, -0.2) is 14.8 Å². The van der Waals surface area contributed by atoms with E-state index >= 15 is 0 Å². The molecule has 2 aromatic heterocycles. The van der Waals surface area contributed by atoms with Gasteiger partial charge in [0.1, 0.15) is 35.8 Å². The van der Waals surface area contributed by atoms with Crippen molar-refractivity contribution in [3.05, 3.63) is 83.7 Å². The zero-order valence-corrected chi connectivity index (χ0v) is 24.6. The minimum Gasteiger partial charge on any atom is -0.493 e. The van der Waals surface area contributed by atoms with Crippen LogP contribution in [0.25, 0.3) is 22.2 Å². The predicted molar refractivity (Wildman–Crippen MR) is 162 cm³/mol. The lowest BCUT2D eigenvalue weighted by molar-refractivity contribution is -0.115. The SMILES string of the molecule is CCOC(=O)c1cc(-c2ccc(NC3=CC(=O)C(Nc4ncnc5cc(OCCOC)c(OC)cc45)=CC3=O)cc2)oc1C. The molecule has 0 amide bonds. The lowest BCUT2D eigenvalue weighted by Gasteiger charge is -2.17. The van der Waals surface area contributed by atoms with Gasteiger partial charge in [-0.2, -0.15) is 0 Å². The van der Waals surface area contributed by atoms with Crippen LogP contribution in [0.4, 0.5) is 11.5 Å². The van der Waals surface area contributed by atoms with E-state index in [0.29, 0.717) is 64.2 Å². The predicted octanol–water partition coefficient (Wildman–Crippen LogP) is 4.85. The number of nitrogens with one attached hydrogen (secondary N) is 2. The Balaban J connectivity index is 1.29. The molecule has 0 atom stereocenters. The number of rotatable bonds is 12. The highest BCUT2D eigenvalue weighted by Crippen LogP contribution is 2.34. The first kappa shape index (κ1) is 30.0. The van der Waals surface area contributed by atoms with Crippen molar-refractivity contribution in [2.45, 2.75) is 13.8 Å². The maximum atomic E-state index is 13.0. The number of hydrogen-bond acceptors (Lipinski definition) is 12. The van der Waals surface area contributed by atoms with Gasteiger partial charge in [-0.05, 0) is 50.2 Å². The molecule has 0 aliphatic heterocycles. The first-order valence-corrected chi connectivity index (χ1v) is 13.7. The first-order chi connectivity index (χ1) is 21.3. The molecule has 226 valence electrons. The third kappa shape index (κ3) is 6.45. The molecule has 0 saturated carbocycles. The van der Waals surface area contributed by atoms with Crippen molar-refractivity contribution in [2.75, 3.05) is 44.7 Å². The van der Waals surface area contributed by atoms with Crippen LogP contribution in [0.15, 0.2) is 76.8 Å². The molecule has 5 rings (SSSR count). The van der Waals surface area contributed by atoms with E-state index in [2.05, 4.69) is 20.6 Å². The minimum absolute atomic E-state index is 0.0564. The van der Waals surface area contributed by atoms with Crippen LogP contribution in [0.1, 0.15) is 23.0 Å². The molecule has 0 radical (unpaired) electrons. The molecule has 2 heterocycles. The summed E-state index contributed by atoms with van der Waals surface area (Å²) in [5.74, 6) is 0.952. The number of furan rings is 1. The maximum Gasteiger partial charge on any atom is 0.341 e. The molecular formula is C32H30N4O8. The molecule has 0 unspecified atom stereocenters. The summed E-state index contributed by atoms with van der Waals surface area (Å²) in [6.07, 6.45) is 3.79. The largest absolute Gasteiger partial charge is 0.493 e. The minimum atomic E-state index is -0.447. The van der Waals surface area contributed by atoms with Gasteiger partial charge in [-0.3, -0.25) is 9.59 Å². The molecule has 2 N–H and O–H groups in total. The summed E-state index contributed by atoms with van der Waals surface area (Å²) in [7, 11) is 3.10. The number of fused-ring (bicyclic) bond motifs is 1. The van der Waals surface area contributed by atoms with Gasteiger partial charge in [0.25, 0.3) is 0 Å². The van der Waals surface area contributed by atoms with Crippen LogP contribution in [0.2, 0.25) is 0 Å².